The van der Waals surface area contributed by atoms with Crippen molar-refractivity contribution >= 4 is 33.1 Å². The highest BCUT2D eigenvalue weighted by molar-refractivity contribution is 7.92. The molecule has 0 aliphatic rings. The van der Waals surface area contributed by atoms with Gasteiger partial charge in [0.1, 0.15) is 11.6 Å². The molecule has 2 rings (SSSR count). The molecule has 0 saturated carbocycles. The van der Waals surface area contributed by atoms with E-state index in [1.165, 1.54) is 25.4 Å². The van der Waals surface area contributed by atoms with Crippen molar-refractivity contribution in [3.63, 3.8) is 0 Å². The van der Waals surface area contributed by atoms with Crippen molar-refractivity contribution in [3.8, 4) is 5.75 Å². The summed E-state index contributed by atoms with van der Waals surface area (Å²) in [6.07, 6.45) is 1.33. The van der Waals surface area contributed by atoms with Gasteiger partial charge in [-0.3, -0.25) is 4.72 Å². The Balaban J connectivity index is 2.44. The van der Waals surface area contributed by atoms with Crippen LogP contribution < -0.4 is 15.2 Å². The number of nitrogen functional groups attached to an aromatic ring is 1. The second-order valence-corrected chi connectivity index (χ2v) is 6.41. The molecule has 8 heteroatoms. The fraction of sp³-hybridized carbons (Fsp3) is 0.154. The zero-order valence-corrected chi connectivity index (χ0v) is 13.0. The van der Waals surface area contributed by atoms with E-state index in [0.29, 0.717) is 16.5 Å². The summed E-state index contributed by atoms with van der Waals surface area (Å²) in [5.41, 5.74) is 6.53. The minimum absolute atomic E-state index is 0.0182. The van der Waals surface area contributed by atoms with E-state index in [1.807, 2.05) is 0 Å². The molecule has 0 unspecified atom stereocenters. The Morgan fingerprint density at radius 2 is 2.05 bits per heavy atom. The Labute approximate surface area is 128 Å². The third kappa shape index (κ3) is 3.37. The van der Waals surface area contributed by atoms with Gasteiger partial charge < -0.3 is 10.5 Å². The van der Waals surface area contributed by atoms with E-state index < -0.39 is 10.0 Å². The van der Waals surface area contributed by atoms with Crippen LogP contribution in [0.2, 0.25) is 5.02 Å². The van der Waals surface area contributed by atoms with Gasteiger partial charge in [-0.15, -0.1) is 0 Å². The van der Waals surface area contributed by atoms with Crippen molar-refractivity contribution in [2.45, 2.75) is 11.8 Å². The van der Waals surface area contributed by atoms with Gasteiger partial charge in [-0.1, -0.05) is 11.6 Å². The molecule has 1 aromatic carbocycles. The van der Waals surface area contributed by atoms with Crippen LogP contribution in [-0.2, 0) is 10.0 Å². The first-order valence-electron chi connectivity index (χ1n) is 5.92. The van der Waals surface area contributed by atoms with Crippen molar-refractivity contribution in [2.75, 3.05) is 17.6 Å². The number of rotatable bonds is 4. The van der Waals surface area contributed by atoms with Crippen LogP contribution in [0.15, 0.2) is 35.4 Å². The van der Waals surface area contributed by atoms with Crippen molar-refractivity contribution in [3.05, 3.63) is 41.0 Å². The Morgan fingerprint density at radius 1 is 1.33 bits per heavy atom. The Bertz CT molecular complexity index is 778. The third-order valence-electron chi connectivity index (χ3n) is 2.79. The zero-order chi connectivity index (χ0) is 15.6. The van der Waals surface area contributed by atoms with Crippen LogP contribution >= 0.6 is 11.6 Å². The second kappa shape index (κ2) is 5.79. The van der Waals surface area contributed by atoms with Gasteiger partial charge in [0.25, 0.3) is 10.0 Å². The molecular weight excluding hydrogens is 314 g/mol. The number of methoxy groups -OCH3 is 1. The number of nitrogens with two attached hydrogens (primary N) is 1. The molecule has 0 aliphatic carbocycles. The molecule has 0 aliphatic heterocycles. The summed E-state index contributed by atoms with van der Waals surface area (Å²) >= 11 is 5.99. The van der Waals surface area contributed by atoms with Crippen molar-refractivity contribution in [1.82, 2.24) is 4.98 Å². The highest BCUT2D eigenvalue weighted by atomic mass is 35.5. The van der Waals surface area contributed by atoms with Crippen molar-refractivity contribution < 1.29 is 13.2 Å². The highest BCUT2D eigenvalue weighted by Gasteiger charge is 2.18. The van der Waals surface area contributed by atoms with E-state index in [9.17, 15) is 8.42 Å². The minimum Gasteiger partial charge on any atom is -0.495 e. The van der Waals surface area contributed by atoms with Crippen molar-refractivity contribution in [2.24, 2.45) is 0 Å². The Kier molecular flexibility index (Phi) is 4.24. The number of nitrogens with one attached hydrogen (secondary N) is 1. The molecule has 3 N–H and O–H groups in total. The molecule has 0 radical (unpaired) electrons. The third-order valence-corrected chi connectivity index (χ3v) is 4.56. The highest BCUT2D eigenvalue weighted by Crippen LogP contribution is 2.32. The maximum atomic E-state index is 12.3. The summed E-state index contributed by atoms with van der Waals surface area (Å²) in [5.74, 6) is 0.452. The van der Waals surface area contributed by atoms with Crippen LogP contribution in [0.1, 0.15) is 5.56 Å². The molecule has 112 valence electrons. The van der Waals surface area contributed by atoms with Gasteiger partial charge >= 0.3 is 0 Å². The molecule has 2 aromatic rings. The van der Waals surface area contributed by atoms with E-state index in [2.05, 4.69) is 9.71 Å². The molecule has 0 spiro atoms. The van der Waals surface area contributed by atoms with Crippen LogP contribution in [0.5, 0.6) is 5.75 Å². The number of sulfonamides is 1. The number of benzene rings is 1. The van der Waals surface area contributed by atoms with Gasteiger partial charge in [0, 0.05) is 23.4 Å². The van der Waals surface area contributed by atoms with E-state index in [4.69, 9.17) is 22.1 Å². The standard InChI is InChI=1S/C13H14ClN3O3S/c1-8-5-11(12(20-2)7-10(8)14)17-21(18,19)9-3-4-16-13(15)6-9/h3-7,17H,1-2H3,(H2,15,16). The largest absolute Gasteiger partial charge is 0.495 e. The summed E-state index contributed by atoms with van der Waals surface area (Å²) in [4.78, 5) is 3.78. The van der Waals surface area contributed by atoms with E-state index in [1.54, 1.807) is 19.1 Å². The van der Waals surface area contributed by atoms with Crippen LogP contribution in [-0.4, -0.2) is 20.5 Å². The number of hydrogen-bond donors (Lipinski definition) is 2. The van der Waals surface area contributed by atoms with Gasteiger partial charge in [0.15, 0.2) is 0 Å². The van der Waals surface area contributed by atoms with Crippen molar-refractivity contribution in [1.29, 1.82) is 0 Å². The first-order valence-corrected chi connectivity index (χ1v) is 7.78. The maximum absolute atomic E-state index is 12.3. The first kappa shape index (κ1) is 15.4. The van der Waals surface area contributed by atoms with Crippen LogP contribution in [0.25, 0.3) is 0 Å². The number of aromatic nitrogens is 1. The summed E-state index contributed by atoms with van der Waals surface area (Å²) in [6.45, 7) is 1.77. The minimum atomic E-state index is -3.79. The van der Waals surface area contributed by atoms with Crippen LogP contribution in [0.4, 0.5) is 11.5 Å². The molecule has 21 heavy (non-hydrogen) atoms. The number of halogens is 1. The fourth-order valence-corrected chi connectivity index (χ4v) is 2.95. The molecule has 6 nitrogen and oxygen atoms in total. The van der Waals surface area contributed by atoms with Gasteiger partial charge in [0.2, 0.25) is 0 Å². The Hall–Kier alpha value is -1.99. The summed E-state index contributed by atoms with van der Waals surface area (Å²) < 4.78 is 32.3. The Morgan fingerprint density at radius 3 is 2.67 bits per heavy atom. The lowest BCUT2D eigenvalue weighted by atomic mass is 10.2. The molecule has 0 atom stereocenters. The quantitative estimate of drug-likeness (QED) is 0.899. The molecule has 1 heterocycles. The SMILES string of the molecule is COc1cc(Cl)c(C)cc1NS(=O)(=O)c1ccnc(N)c1. The predicted octanol–water partition coefficient (Wildman–Crippen LogP) is 2.44. The molecule has 0 saturated heterocycles. The summed E-state index contributed by atoms with van der Waals surface area (Å²) in [6, 6.07) is 5.78. The van der Waals surface area contributed by atoms with Gasteiger partial charge in [0.05, 0.1) is 17.7 Å². The average Bonchev–Trinajstić information content (AvgIpc) is 2.42. The number of ether oxygens (including phenoxy) is 1. The number of hydrogen-bond acceptors (Lipinski definition) is 5. The smallest absolute Gasteiger partial charge is 0.262 e. The predicted molar refractivity (Wildman–Crippen MR) is 82.2 cm³/mol. The number of anilines is 2. The van der Waals surface area contributed by atoms with Crippen LogP contribution in [0, 0.1) is 6.92 Å². The lowest BCUT2D eigenvalue weighted by Crippen LogP contribution is -2.14. The first-order chi connectivity index (χ1) is 9.83. The molecule has 1 aromatic heterocycles. The van der Waals surface area contributed by atoms with E-state index in [0.717, 1.165) is 5.56 Å². The number of pyridine rings is 1. The maximum Gasteiger partial charge on any atom is 0.262 e. The topological polar surface area (TPSA) is 94.3 Å². The van der Waals surface area contributed by atoms with Gasteiger partial charge in [-0.2, -0.15) is 0 Å². The summed E-state index contributed by atoms with van der Waals surface area (Å²) in [5, 5.41) is 0.489. The fourth-order valence-electron chi connectivity index (χ4n) is 1.71. The second-order valence-electron chi connectivity index (χ2n) is 4.32. The summed E-state index contributed by atoms with van der Waals surface area (Å²) in [7, 11) is -2.36. The number of nitrogens with zero attached hydrogens (tertiary/aromatic N) is 1. The lowest BCUT2D eigenvalue weighted by Gasteiger charge is -2.13. The molecule has 0 amide bonds. The lowest BCUT2D eigenvalue weighted by molar-refractivity contribution is 0.417. The molecule has 0 bridgehead atoms. The molecule has 0 fully saturated rings. The van der Waals surface area contributed by atoms with E-state index >= 15 is 0 Å². The normalized spacial score (nSPS) is 11.2. The van der Waals surface area contributed by atoms with Gasteiger partial charge in [-0.05, 0) is 24.6 Å². The van der Waals surface area contributed by atoms with Gasteiger partial charge in [-0.25, -0.2) is 13.4 Å². The van der Waals surface area contributed by atoms with Crippen LogP contribution in [0.3, 0.4) is 0 Å². The molecular formula is C13H14ClN3O3S. The number of aryl methyl sites for hydroxylation is 1. The average molecular weight is 328 g/mol. The zero-order valence-electron chi connectivity index (χ0n) is 11.4. The van der Waals surface area contributed by atoms with E-state index in [-0.39, 0.29) is 10.7 Å². The monoisotopic (exact) mass is 327 g/mol.